The number of hydrogen-bond donors (Lipinski definition) is 0. The van der Waals surface area contributed by atoms with Gasteiger partial charge in [-0.3, -0.25) is 4.79 Å². The summed E-state index contributed by atoms with van der Waals surface area (Å²) in [6.07, 6.45) is 2.08. The van der Waals surface area contributed by atoms with E-state index in [2.05, 4.69) is 6.07 Å². The molecular weight excluding hydrogens is 283 g/mol. The van der Waals surface area contributed by atoms with Gasteiger partial charge in [0.2, 0.25) is 5.91 Å². The van der Waals surface area contributed by atoms with Gasteiger partial charge in [0.25, 0.3) is 0 Å². The summed E-state index contributed by atoms with van der Waals surface area (Å²) in [4.78, 5) is 13.9. The lowest BCUT2D eigenvalue weighted by atomic mass is 9.99. The minimum atomic E-state index is -0.0356. The molecule has 1 aliphatic heterocycles. The molecule has 3 nitrogen and oxygen atoms in total. The van der Waals surface area contributed by atoms with Crippen LogP contribution in [-0.4, -0.2) is 23.9 Å². The van der Waals surface area contributed by atoms with E-state index in [4.69, 9.17) is 28.5 Å². The second-order valence-corrected chi connectivity index (χ2v) is 5.55. The molecule has 0 N–H and O–H groups in total. The SMILES string of the molecule is N#CC1CCCN(C(=O)Cc2ccc(Cl)c(Cl)c2)C1. The van der Waals surface area contributed by atoms with E-state index in [-0.39, 0.29) is 11.8 Å². The quantitative estimate of drug-likeness (QED) is 0.840. The number of amides is 1. The number of nitriles is 1. The maximum Gasteiger partial charge on any atom is 0.227 e. The van der Waals surface area contributed by atoms with Crippen molar-refractivity contribution in [1.82, 2.24) is 4.90 Å². The number of nitrogens with zero attached hydrogens (tertiary/aromatic N) is 2. The summed E-state index contributed by atoms with van der Waals surface area (Å²) >= 11 is 11.8. The fourth-order valence-electron chi connectivity index (χ4n) is 2.25. The lowest BCUT2D eigenvalue weighted by Gasteiger charge is -2.29. The van der Waals surface area contributed by atoms with Crippen molar-refractivity contribution in [2.45, 2.75) is 19.3 Å². The van der Waals surface area contributed by atoms with E-state index in [0.717, 1.165) is 24.9 Å². The van der Waals surface area contributed by atoms with Crippen molar-refractivity contribution in [3.63, 3.8) is 0 Å². The summed E-state index contributed by atoms with van der Waals surface area (Å²) in [5.74, 6) is 0.00449. The molecule has 0 spiro atoms. The van der Waals surface area contributed by atoms with Gasteiger partial charge >= 0.3 is 0 Å². The maximum atomic E-state index is 12.2. The number of carbonyl (C=O) groups is 1. The van der Waals surface area contributed by atoms with E-state index in [1.165, 1.54) is 0 Å². The van der Waals surface area contributed by atoms with Crippen molar-refractivity contribution in [1.29, 1.82) is 5.26 Å². The normalized spacial score (nSPS) is 19.0. The number of likely N-dealkylation sites (tertiary alicyclic amines) is 1. The van der Waals surface area contributed by atoms with Gasteiger partial charge in [-0.1, -0.05) is 29.3 Å². The molecule has 0 aromatic heterocycles. The molecule has 5 heteroatoms. The monoisotopic (exact) mass is 296 g/mol. The Morgan fingerprint density at radius 1 is 1.42 bits per heavy atom. The first-order valence-electron chi connectivity index (χ1n) is 6.21. The number of piperidine rings is 1. The van der Waals surface area contributed by atoms with Crippen molar-refractivity contribution in [3.8, 4) is 6.07 Å². The third-order valence-electron chi connectivity index (χ3n) is 3.30. The number of hydrogen-bond acceptors (Lipinski definition) is 2. The number of rotatable bonds is 2. The van der Waals surface area contributed by atoms with Crippen LogP contribution in [0.4, 0.5) is 0 Å². The Hall–Kier alpha value is -1.24. The van der Waals surface area contributed by atoms with Gasteiger partial charge in [0.1, 0.15) is 0 Å². The lowest BCUT2D eigenvalue weighted by molar-refractivity contribution is -0.131. The van der Waals surface area contributed by atoms with E-state index < -0.39 is 0 Å². The zero-order valence-electron chi connectivity index (χ0n) is 10.4. The minimum absolute atomic E-state index is 0.0356. The Labute approximate surface area is 122 Å². The van der Waals surface area contributed by atoms with Crippen LogP contribution in [0.3, 0.4) is 0 Å². The molecule has 2 rings (SSSR count). The zero-order chi connectivity index (χ0) is 13.8. The Morgan fingerprint density at radius 3 is 2.89 bits per heavy atom. The summed E-state index contributed by atoms with van der Waals surface area (Å²) in [6.45, 7) is 1.27. The average molecular weight is 297 g/mol. The molecule has 1 fully saturated rings. The molecule has 0 bridgehead atoms. The molecule has 1 atom stereocenters. The third kappa shape index (κ3) is 3.62. The fraction of sp³-hybridized carbons (Fsp3) is 0.429. The summed E-state index contributed by atoms with van der Waals surface area (Å²) in [7, 11) is 0. The van der Waals surface area contributed by atoms with Gasteiger partial charge in [0.05, 0.1) is 28.5 Å². The molecule has 1 unspecified atom stereocenters. The Balaban J connectivity index is 2.00. The highest BCUT2D eigenvalue weighted by Gasteiger charge is 2.23. The van der Waals surface area contributed by atoms with Gasteiger partial charge in [-0.2, -0.15) is 5.26 Å². The highest BCUT2D eigenvalue weighted by Crippen LogP contribution is 2.23. The van der Waals surface area contributed by atoms with Crippen LogP contribution in [0.1, 0.15) is 18.4 Å². The van der Waals surface area contributed by atoms with E-state index in [9.17, 15) is 4.79 Å². The van der Waals surface area contributed by atoms with E-state index in [0.29, 0.717) is 23.0 Å². The Morgan fingerprint density at radius 2 is 2.21 bits per heavy atom. The molecule has 0 aliphatic carbocycles. The van der Waals surface area contributed by atoms with Gasteiger partial charge in [-0.15, -0.1) is 0 Å². The standard InChI is InChI=1S/C14H14Cl2N2O/c15-12-4-3-10(6-13(12)16)7-14(19)18-5-1-2-11(8-17)9-18/h3-4,6,11H,1-2,5,7,9H2. The Bertz CT molecular complexity index is 525. The number of benzene rings is 1. The summed E-state index contributed by atoms with van der Waals surface area (Å²) in [5, 5.41) is 9.87. The van der Waals surface area contributed by atoms with Crippen LogP contribution in [0.2, 0.25) is 10.0 Å². The fourth-order valence-corrected chi connectivity index (χ4v) is 2.57. The second kappa shape index (κ2) is 6.27. The molecule has 1 aromatic rings. The molecule has 1 heterocycles. The molecule has 1 aromatic carbocycles. The van der Waals surface area contributed by atoms with Crippen LogP contribution >= 0.6 is 23.2 Å². The minimum Gasteiger partial charge on any atom is -0.341 e. The van der Waals surface area contributed by atoms with E-state index >= 15 is 0 Å². The van der Waals surface area contributed by atoms with Crippen LogP contribution in [0.15, 0.2) is 18.2 Å². The summed E-state index contributed by atoms with van der Waals surface area (Å²) < 4.78 is 0. The van der Waals surface area contributed by atoms with Gasteiger partial charge in [0, 0.05) is 13.1 Å². The first-order chi connectivity index (χ1) is 9.10. The van der Waals surface area contributed by atoms with E-state index in [1.54, 1.807) is 23.1 Å². The molecule has 1 saturated heterocycles. The number of halogens is 2. The molecule has 1 aliphatic rings. The molecule has 0 radical (unpaired) electrons. The van der Waals surface area contributed by atoms with Crippen LogP contribution in [0, 0.1) is 17.2 Å². The van der Waals surface area contributed by atoms with Gasteiger partial charge in [0.15, 0.2) is 0 Å². The van der Waals surface area contributed by atoms with Gasteiger partial charge in [-0.05, 0) is 30.5 Å². The second-order valence-electron chi connectivity index (χ2n) is 4.73. The van der Waals surface area contributed by atoms with Gasteiger partial charge in [-0.25, -0.2) is 0 Å². The number of carbonyl (C=O) groups excluding carboxylic acids is 1. The average Bonchev–Trinajstić information content (AvgIpc) is 2.43. The van der Waals surface area contributed by atoms with E-state index in [1.807, 2.05) is 0 Å². The summed E-state index contributed by atoms with van der Waals surface area (Å²) in [5.41, 5.74) is 0.846. The zero-order valence-corrected chi connectivity index (χ0v) is 11.9. The topological polar surface area (TPSA) is 44.1 Å². The smallest absolute Gasteiger partial charge is 0.227 e. The van der Waals surface area contributed by atoms with Crippen LogP contribution < -0.4 is 0 Å². The molecular formula is C14H14Cl2N2O. The highest BCUT2D eigenvalue weighted by atomic mass is 35.5. The maximum absolute atomic E-state index is 12.2. The summed E-state index contributed by atoms with van der Waals surface area (Å²) in [6, 6.07) is 7.45. The highest BCUT2D eigenvalue weighted by molar-refractivity contribution is 6.42. The van der Waals surface area contributed by atoms with Crippen molar-refractivity contribution >= 4 is 29.1 Å². The van der Waals surface area contributed by atoms with Crippen LogP contribution in [0.25, 0.3) is 0 Å². The first-order valence-corrected chi connectivity index (χ1v) is 6.97. The van der Waals surface area contributed by atoms with Crippen molar-refractivity contribution in [2.75, 3.05) is 13.1 Å². The van der Waals surface area contributed by atoms with Crippen molar-refractivity contribution in [3.05, 3.63) is 33.8 Å². The third-order valence-corrected chi connectivity index (χ3v) is 4.04. The predicted octanol–water partition coefficient (Wildman–Crippen LogP) is 3.30. The first kappa shape index (κ1) is 14.2. The largest absolute Gasteiger partial charge is 0.341 e. The van der Waals surface area contributed by atoms with Crippen LogP contribution in [0.5, 0.6) is 0 Å². The molecule has 1 amide bonds. The van der Waals surface area contributed by atoms with Gasteiger partial charge < -0.3 is 4.90 Å². The molecule has 0 saturated carbocycles. The van der Waals surface area contributed by atoms with Crippen LogP contribution in [-0.2, 0) is 11.2 Å². The van der Waals surface area contributed by atoms with Crippen molar-refractivity contribution in [2.24, 2.45) is 5.92 Å². The van der Waals surface area contributed by atoms with Crippen molar-refractivity contribution < 1.29 is 4.79 Å². The molecule has 100 valence electrons. The molecule has 19 heavy (non-hydrogen) atoms. The predicted molar refractivity (Wildman–Crippen MR) is 75.1 cm³/mol. The lowest BCUT2D eigenvalue weighted by Crippen LogP contribution is -2.40. The Kier molecular flexibility index (Phi) is 4.68.